The number of rotatable bonds is 3. The number of hydrogen-bond donors (Lipinski definition) is 1. The summed E-state index contributed by atoms with van der Waals surface area (Å²) in [6.45, 7) is 0.759. The van der Waals surface area contributed by atoms with Crippen LogP contribution in [0.3, 0.4) is 0 Å². The van der Waals surface area contributed by atoms with Crippen LogP contribution in [0.25, 0.3) is 10.2 Å². The highest BCUT2D eigenvalue weighted by atomic mass is 32.2. The molecule has 3 aliphatic rings. The van der Waals surface area contributed by atoms with Crippen LogP contribution in [0.1, 0.15) is 74.3 Å². The van der Waals surface area contributed by atoms with Gasteiger partial charge in [0.05, 0.1) is 10.6 Å². The van der Waals surface area contributed by atoms with E-state index in [1.807, 2.05) is 4.57 Å². The zero-order chi connectivity index (χ0) is 19.1. The van der Waals surface area contributed by atoms with Crippen molar-refractivity contribution < 1.29 is 4.79 Å². The lowest BCUT2D eigenvalue weighted by Crippen LogP contribution is -2.32. The number of thioether (sulfide) groups is 1. The van der Waals surface area contributed by atoms with Gasteiger partial charge in [0, 0.05) is 17.5 Å². The van der Waals surface area contributed by atoms with E-state index < -0.39 is 0 Å². The van der Waals surface area contributed by atoms with Crippen molar-refractivity contribution in [2.45, 2.75) is 87.1 Å². The fraction of sp³-hybridized carbons (Fsp3) is 0.667. The highest BCUT2D eigenvalue weighted by Gasteiger charge is 2.30. The number of aryl methyl sites for hydroxylation is 2. The van der Waals surface area contributed by atoms with Crippen molar-refractivity contribution in [3.05, 3.63) is 20.8 Å². The second-order valence-corrected chi connectivity index (χ2v) is 10.5. The SMILES string of the molecule is O=C1NCCCCC1Sc1nc2sc3c(c2c(=O)n1C1CCCC1)CCCC3. The zero-order valence-corrected chi connectivity index (χ0v) is 17.8. The van der Waals surface area contributed by atoms with Crippen LogP contribution >= 0.6 is 23.1 Å². The van der Waals surface area contributed by atoms with Gasteiger partial charge in [-0.2, -0.15) is 0 Å². The molecule has 1 unspecified atom stereocenters. The lowest BCUT2D eigenvalue weighted by molar-refractivity contribution is -0.120. The Bertz CT molecular complexity index is 959. The van der Waals surface area contributed by atoms with E-state index in [2.05, 4.69) is 5.32 Å². The smallest absolute Gasteiger partial charge is 0.263 e. The van der Waals surface area contributed by atoms with Crippen LogP contribution in [0, 0.1) is 0 Å². The second-order valence-electron chi connectivity index (χ2n) is 8.29. The summed E-state index contributed by atoms with van der Waals surface area (Å²) in [5.41, 5.74) is 1.41. The number of aromatic nitrogens is 2. The Labute approximate surface area is 173 Å². The van der Waals surface area contributed by atoms with E-state index in [0.29, 0.717) is 0 Å². The second kappa shape index (κ2) is 7.82. The van der Waals surface area contributed by atoms with Gasteiger partial charge in [-0.15, -0.1) is 11.3 Å². The van der Waals surface area contributed by atoms with Crippen molar-refractivity contribution in [3.8, 4) is 0 Å². The van der Waals surface area contributed by atoms with E-state index in [9.17, 15) is 9.59 Å². The topological polar surface area (TPSA) is 64.0 Å². The van der Waals surface area contributed by atoms with Gasteiger partial charge in [0.1, 0.15) is 4.83 Å². The summed E-state index contributed by atoms with van der Waals surface area (Å²) in [4.78, 5) is 33.5. The van der Waals surface area contributed by atoms with Gasteiger partial charge in [-0.25, -0.2) is 4.98 Å². The number of nitrogens with one attached hydrogen (secondary N) is 1. The maximum Gasteiger partial charge on any atom is 0.263 e. The molecule has 150 valence electrons. The van der Waals surface area contributed by atoms with Gasteiger partial charge in [0.25, 0.3) is 5.56 Å². The van der Waals surface area contributed by atoms with Crippen LogP contribution in [0.4, 0.5) is 0 Å². The van der Waals surface area contributed by atoms with Crippen LogP contribution in [0.15, 0.2) is 9.95 Å². The quantitative estimate of drug-likeness (QED) is 0.760. The first-order valence-electron chi connectivity index (χ1n) is 10.7. The fourth-order valence-electron chi connectivity index (χ4n) is 4.92. The van der Waals surface area contributed by atoms with Crippen molar-refractivity contribution in [1.82, 2.24) is 14.9 Å². The molecule has 5 rings (SSSR count). The molecule has 0 aromatic carbocycles. The molecule has 1 amide bonds. The fourth-order valence-corrected chi connectivity index (χ4v) is 7.45. The number of carbonyl (C=O) groups is 1. The molecule has 28 heavy (non-hydrogen) atoms. The molecule has 2 aromatic rings. The van der Waals surface area contributed by atoms with E-state index in [0.717, 1.165) is 66.9 Å². The van der Waals surface area contributed by atoms with Crippen molar-refractivity contribution in [2.75, 3.05) is 6.54 Å². The molecule has 1 N–H and O–H groups in total. The Balaban J connectivity index is 1.63. The Morgan fingerprint density at radius 3 is 2.64 bits per heavy atom. The van der Waals surface area contributed by atoms with Crippen LogP contribution in [-0.4, -0.2) is 27.3 Å². The molecule has 7 heteroatoms. The van der Waals surface area contributed by atoms with E-state index in [1.165, 1.54) is 47.9 Å². The molecule has 0 spiro atoms. The van der Waals surface area contributed by atoms with Gasteiger partial charge < -0.3 is 5.32 Å². The average Bonchev–Trinajstić information content (AvgIpc) is 3.29. The Morgan fingerprint density at radius 2 is 1.79 bits per heavy atom. The number of nitrogens with zero attached hydrogens (tertiary/aromatic N) is 2. The van der Waals surface area contributed by atoms with Gasteiger partial charge in [-0.05, 0) is 56.9 Å². The summed E-state index contributed by atoms with van der Waals surface area (Å²) in [5, 5.41) is 4.52. The number of fused-ring (bicyclic) bond motifs is 3. The monoisotopic (exact) mass is 417 g/mol. The molecular formula is C21H27N3O2S2. The molecular weight excluding hydrogens is 390 g/mol. The summed E-state index contributed by atoms with van der Waals surface area (Å²) in [6.07, 6.45) is 11.8. The lowest BCUT2D eigenvalue weighted by Gasteiger charge is -2.20. The van der Waals surface area contributed by atoms with Gasteiger partial charge >= 0.3 is 0 Å². The maximum atomic E-state index is 13.7. The van der Waals surface area contributed by atoms with Gasteiger partial charge in [-0.3, -0.25) is 14.2 Å². The van der Waals surface area contributed by atoms with Crippen LogP contribution in [0.5, 0.6) is 0 Å². The predicted molar refractivity (Wildman–Crippen MR) is 115 cm³/mol. The third-order valence-corrected chi connectivity index (χ3v) is 8.83. The highest BCUT2D eigenvalue weighted by molar-refractivity contribution is 8.00. The van der Waals surface area contributed by atoms with Crippen molar-refractivity contribution in [1.29, 1.82) is 0 Å². The molecule has 2 aromatic heterocycles. The molecule has 2 fully saturated rings. The van der Waals surface area contributed by atoms with E-state index >= 15 is 0 Å². The first kappa shape index (κ1) is 18.7. The Kier molecular flexibility index (Phi) is 5.22. The average molecular weight is 418 g/mol. The number of carbonyl (C=O) groups excluding carboxylic acids is 1. The predicted octanol–water partition coefficient (Wildman–Crippen LogP) is 4.21. The van der Waals surface area contributed by atoms with Gasteiger partial charge in [-0.1, -0.05) is 31.0 Å². The molecule has 1 saturated carbocycles. The van der Waals surface area contributed by atoms with Crippen molar-refractivity contribution in [2.24, 2.45) is 0 Å². The summed E-state index contributed by atoms with van der Waals surface area (Å²) < 4.78 is 1.97. The molecule has 1 atom stereocenters. The maximum absolute atomic E-state index is 13.7. The summed E-state index contributed by atoms with van der Waals surface area (Å²) >= 11 is 3.23. The highest BCUT2D eigenvalue weighted by Crippen LogP contribution is 2.38. The molecule has 1 aliphatic heterocycles. The molecule has 2 aliphatic carbocycles. The van der Waals surface area contributed by atoms with E-state index in [-0.39, 0.29) is 22.8 Å². The minimum Gasteiger partial charge on any atom is -0.355 e. The zero-order valence-electron chi connectivity index (χ0n) is 16.2. The molecule has 0 radical (unpaired) electrons. The van der Waals surface area contributed by atoms with E-state index in [1.54, 1.807) is 11.3 Å². The van der Waals surface area contributed by atoms with Gasteiger partial charge in [0.2, 0.25) is 5.91 Å². The van der Waals surface area contributed by atoms with Gasteiger partial charge in [0.15, 0.2) is 5.16 Å². The molecule has 3 heterocycles. The normalized spacial score (nSPS) is 23.6. The number of thiophene rings is 1. The van der Waals surface area contributed by atoms with Crippen LogP contribution in [-0.2, 0) is 17.6 Å². The van der Waals surface area contributed by atoms with Crippen molar-refractivity contribution >= 4 is 39.2 Å². The molecule has 5 nitrogen and oxygen atoms in total. The Hall–Kier alpha value is -1.34. The first-order valence-corrected chi connectivity index (χ1v) is 12.4. The summed E-state index contributed by atoms with van der Waals surface area (Å²) in [6, 6.07) is 0.236. The Morgan fingerprint density at radius 1 is 1.00 bits per heavy atom. The van der Waals surface area contributed by atoms with Crippen LogP contribution < -0.4 is 10.9 Å². The number of hydrogen-bond acceptors (Lipinski definition) is 5. The third-order valence-electron chi connectivity index (χ3n) is 6.41. The summed E-state index contributed by atoms with van der Waals surface area (Å²) in [5.74, 6) is 0.0975. The van der Waals surface area contributed by atoms with Crippen LogP contribution in [0.2, 0.25) is 0 Å². The summed E-state index contributed by atoms with van der Waals surface area (Å²) in [7, 11) is 0. The lowest BCUT2D eigenvalue weighted by atomic mass is 9.97. The van der Waals surface area contributed by atoms with E-state index in [4.69, 9.17) is 4.98 Å². The number of amides is 1. The van der Waals surface area contributed by atoms with Crippen molar-refractivity contribution in [3.63, 3.8) is 0 Å². The minimum absolute atomic E-state index is 0.0975. The molecule has 0 bridgehead atoms. The third kappa shape index (κ3) is 3.30. The first-order chi connectivity index (χ1) is 13.7. The largest absolute Gasteiger partial charge is 0.355 e. The molecule has 1 saturated heterocycles. The standard InChI is InChI=1S/C21H27N3O2S2/c25-18-16(11-5-6-12-22-18)28-21-23-19-17(14-9-3-4-10-15(14)27-19)20(26)24(21)13-7-1-2-8-13/h13,16H,1-12H2,(H,22,25). The minimum atomic E-state index is -0.144.